The van der Waals surface area contributed by atoms with Crippen LogP contribution in [0, 0.1) is 5.92 Å². The molecule has 1 aromatic carbocycles. The highest BCUT2D eigenvalue weighted by atomic mass is 35.5. The number of fused-ring (bicyclic) bond motifs is 1. The second-order valence-electron chi connectivity index (χ2n) is 5.30. The molecule has 1 unspecified atom stereocenters. The van der Waals surface area contributed by atoms with Gasteiger partial charge < -0.3 is 9.47 Å². The number of sulfone groups is 1. The van der Waals surface area contributed by atoms with Crippen LogP contribution in [0.15, 0.2) is 12.1 Å². The third kappa shape index (κ3) is 3.01. The third-order valence-electron chi connectivity index (χ3n) is 3.69. The summed E-state index contributed by atoms with van der Waals surface area (Å²) in [5.74, 6) is 0.193. The van der Waals surface area contributed by atoms with Gasteiger partial charge in [0.2, 0.25) is 0 Å². The van der Waals surface area contributed by atoms with Crippen molar-refractivity contribution < 1.29 is 22.7 Å². The number of Topliss-reactive ketones (excluding diaryl/α,β-unsaturated/α-hetero) is 1. The highest BCUT2D eigenvalue weighted by molar-refractivity contribution is 7.91. The number of hydrogen-bond donors (Lipinski definition) is 0. The zero-order valence-electron chi connectivity index (χ0n) is 11.3. The minimum Gasteiger partial charge on any atom is -0.489 e. The standard InChI is InChI=1S/C14H15ClO5S/c15-11-6-10(7-12-14(11)20-4-1-3-19-12)13(16)9-2-5-21(17,18)8-9/h6-7,9H,1-5,8H2. The van der Waals surface area contributed by atoms with Gasteiger partial charge in [-0.1, -0.05) is 11.6 Å². The van der Waals surface area contributed by atoms with E-state index in [9.17, 15) is 13.2 Å². The van der Waals surface area contributed by atoms with E-state index in [1.54, 1.807) is 6.07 Å². The molecule has 1 atom stereocenters. The van der Waals surface area contributed by atoms with Crippen molar-refractivity contribution in [1.82, 2.24) is 0 Å². The van der Waals surface area contributed by atoms with Gasteiger partial charge in [-0.15, -0.1) is 0 Å². The molecule has 21 heavy (non-hydrogen) atoms. The monoisotopic (exact) mass is 330 g/mol. The molecule has 1 saturated heterocycles. The Kier molecular flexibility index (Phi) is 3.84. The molecule has 0 aliphatic carbocycles. The van der Waals surface area contributed by atoms with Crippen LogP contribution >= 0.6 is 11.6 Å². The van der Waals surface area contributed by atoms with Crippen LogP contribution in [0.25, 0.3) is 0 Å². The fraction of sp³-hybridized carbons (Fsp3) is 0.500. The molecule has 0 saturated carbocycles. The molecule has 1 fully saturated rings. The molecule has 3 rings (SSSR count). The summed E-state index contributed by atoms with van der Waals surface area (Å²) in [5, 5.41) is 0.318. The van der Waals surface area contributed by atoms with Crippen LogP contribution < -0.4 is 9.47 Å². The Hall–Kier alpha value is -1.27. The molecule has 2 heterocycles. The third-order valence-corrected chi connectivity index (χ3v) is 5.74. The molecule has 0 bridgehead atoms. The largest absolute Gasteiger partial charge is 0.489 e. The number of carbonyl (C=O) groups is 1. The normalized spacial score (nSPS) is 23.6. The SMILES string of the molecule is O=C(c1cc(Cl)c2c(c1)OCCCO2)C1CCS(=O)(=O)C1. The predicted octanol–water partition coefficient (Wildman–Crippen LogP) is 2.12. The van der Waals surface area contributed by atoms with E-state index in [-0.39, 0.29) is 17.3 Å². The van der Waals surface area contributed by atoms with Gasteiger partial charge in [-0.3, -0.25) is 4.79 Å². The fourth-order valence-electron chi connectivity index (χ4n) is 2.61. The van der Waals surface area contributed by atoms with E-state index in [2.05, 4.69) is 0 Å². The number of carbonyl (C=O) groups excluding carboxylic acids is 1. The van der Waals surface area contributed by atoms with Gasteiger partial charge in [-0.25, -0.2) is 8.42 Å². The Labute approximate surface area is 128 Å². The van der Waals surface area contributed by atoms with Gasteiger partial charge in [0.25, 0.3) is 0 Å². The maximum atomic E-state index is 12.4. The van der Waals surface area contributed by atoms with Gasteiger partial charge >= 0.3 is 0 Å². The summed E-state index contributed by atoms with van der Waals surface area (Å²) in [4.78, 5) is 12.4. The van der Waals surface area contributed by atoms with E-state index < -0.39 is 15.8 Å². The quantitative estimate of drug-likeness (QED) is 0.777. The lowest BCUT2D eigenvalue weighted by atomic mass is 9.97. The predicted molar refractivity (Wildman–Crippen MR) is 78.2 cm³/mol. The summed E-state index contributed by atoms with van der Waals surface area (Å²) in [7, 11) is -3.09. The molecule has 0 aromatic heterocycles. The smallest absolute Gasteiger partial charge is 0.179 e. The van der Waals surface area contributed by atoms with Gasteiger partial charge in [0.1, 0.15) is 0 Å². The van der Waals surface area contributed by atoms with Crippen LogP contribution in [-0.2, 0) is 9.84 Å². The van der Waals surface area contributed by atoms with E-state index in [0.29, 0.717) is 41.7 Å². The lowest BCUT2D eigenvalue weighted by Gasteiger charge is -2.12. The minimum atomic E-state index is -3.09. The van der Waals surface area contributed by atoms with Crippen LogP contribution in [0.1, 0.15) is 23.2 Å². The first-order valence-corrected chi connectivity index (χ1v) is 9.00. The maximum Gasteiger partial charge on any atom is 0.179 e. The Morgan fingerprint density at radius 2 is 2.00 bits per heavy atom. The molecule has 2 aliphatic heterocycles. The minimum absolute atomic E-state index is 0.0711. The van der Waals surface area contributed by atoms with Crippen molar-refractivity contribution >= 4 is 27.2 Å². The molecular weight excluding hydrogens is 316 g/mol. The number of hydrogen-bond acceptors (Lipinski definition) is 5. The topological polar surface area (TPSA) is 69.7 Å². The van der Waals surface area contributed by atoms with Crippen molar-refractivity contribution in [1.29, 1.82) is 0 Å². The van der Waals surface area contributed by atoms with E-state index in [1.165, 1.54) is 6.07 Å². The summed E-state index contributed by atoms with van der Waals surface area (Å²) in [6.07, 6.45) is 1.11. The molecule has 5 nitrogen and oxygen atoms in total. The fourth-order valence-corrected chi connectivity index (χ4v) is 4.62. The molecule has 0 radical (unpaired) electrons. The second kappa shape index (κ2) is 5.50. The van der Waals surface area contributed by atoms with Crippen molar-refractivity contribution in [3.05, 3.63) is 22.7 Å². The van der Waals surface area contributed by atoms with Crippen LogP contribution in [0.4, 0.5) is 0 Å². The molecule has 114 valence electrons. The molecule has 0 N–H and O–H groups in total. The molecule has 2 aliphatic rings. The van der Waals surface area contributed by atoms with Crippen molar-refractivity contribution in [2.75, 3.05) is 24.7 Å². The summed E-state index contributed by atoms with van der Waals surface area (Å²) in [5.41, 5.74) is 0.381. The number of rotatable bonds is 2. The molecular formula is C14H15ClO5S. The average Bonchev–Trinajstić information content (AvgIpc) is 2.65. The number of ether oxygens (including phenoxy) is 2. The highest BCUT2D eigenvalue weighted by Gasteiger charge is 2.34. The van der Waals surface area contributed by atoms with Crippen LogP contribution in [-0.4, -0.2) is 38.9 Å². The molecule has 1 aromatic rings. The summed E-state index contributed by atoms with van der Waals surface area (Å²) in [6.45, 7) is 1.01. The van der Waals surface area contributed by atoms with Gasteiger partial charge in [0.05, 0.1) is 29.7 Å². The zero-order valence-corrected chi connectivity index (χ0v) is 12.9. The highest BCUT2D eigenvalue weighted by Crippen LogP contribution is 2.39. The number of benzene rings is 1. The first-order chi connectivity index (χ1) is 9.96. The summed E-state index contributed by atoms with van der Waals surface area (Å²) >= 11 is 6.15. The van der Waals surface area contributed by atoms with E-state index in [1.807, 2.05) is 0 Å². The van der Waals surface area contributed by atoms with Crippen molar-refractivity contribution in [3.8, 4) is 11.5 Å². The Morgan fingerprint density at radius 1 is 1.24 bits per heavy atom. The Balaban J connectivity index is 1.91. The molecule has 0 spiro atoms. The molecule has 7 heteroatoms. The number of halogens is 1. The Morgan fingerprint density at radius 3 is 2.71 bits per heavy atom. The van der Waals surface area contributed by atoms with Crippen molar-refractivity contribution in [2.45, 2.75) is 12.8 Å². The van der Waals surface area contributed by atoms with Gasteiger partial charge in [0.15, 0.2) is 27.1 Å². The zero-order chi connectivity index (χ0) is 15.0. The van der Waals surface area contributed by atoms with Crippen LogP contribution in [0.2, 0.25) is 5.02 Å². The van der Waals surface area contributed by atoms with Crippen LogP contribution in [0.5, 0.6) is 11.5 Å². The van der Waals surface area contributed by atoms with Crippen molar-refractivity contribution in [3.63, 3.8) is 0 Å². The summed E-state index contributed by atoms with van der Waals surface area (Å²) in [6, 6.07) is 3.13. The molecule has 0 amide bonds. The lowest BCUT2D eigenvalue weighted by molar-refractivity contribution is 0.0933. The van der Waals surface area contributed by atoms with Crippen molar-refractivity contribution in [2.24, 2.45) is 5.92 Å². The Bertz CT molecular complexity index is 683. The van der Waals surface area contributed by atoms with Gasteiger partial charge in [0, 0.05) is 17.9 Å². The second-order valence-corrected chi connectivity index (χ2v) is 7.94. The van der Waals surface area contributed by atoms with Gasteiger partial charge in [-0.05, 0) is 18.6 Å². The van der Waals surface area contributed by atoms with E-state index >= 15 is 0 Å². The first-order valence-electron chi connectivity index (χ1n) is 6.80. The number of ketones is 1. The average molecular weight is 331 g/mol. The van der Waals surface area contributed by atoms with E-state index in [4.69, 9.17) is 21.1 Å². The van der Waals surface area contributed by atoms with Gasteiger partial charge in [-0.2, -0.15) is 0 Å². The summed E-state index contributed by atoms with van der Waals surface area (Å²) < 4.78 is 34.0. The maximum absolute atomic E-state index is 12.4. The first kappa shape index (κ1) is 14.7. The van der Waals surface area contributed by atoms with Crippen LogP contribution in [0.3, 0.4) is 0 Å². The van der Waals surface area contributed by atoms with E-state index in [0.717, 1.165) is 6.42 Å². The lowest BCUT2D eigenvalue weighted by Crippen LogP contribution is -2.16.